The third-order valence-corrected chi connectivity index (χ3v) is 3.31. The predicted octanol–water partition coefficient (Wildman–Crippen LogP) is 3.39. The lowest BCUT2D eigenvalue weighted by atomic mass is 9.96. The van der Waals surface area contributed by atoms with Crippen LogP contribution in [-0.2, 0) is 5.60 Å². The molecule has 4 N–H and O–H groups in total. The van der Waals surface area contributed by atoms with Gasteiger partial charge in [0.05, 0.1) is 6.54 Å². The van der Waals surface area contributed by atoms with Crippen molar-refractivity contribution in [2.45, 2.75) is 19.4 Å². The van der Waals surface area contributed by atoms with Gasteiger partial charge >= 0.3 is 0 Å². The van der Waals surface area contributed by atoms with Crippen molar-refractivity contribution in [3.63, 3.8) is 0 Å². The SMILES string of the molecule is Cc1cccc(NC(N)=NCC(C)(O)c2ccc(F)cc2)c1.I. The van der Waals surface area contributed by atoms with E-state index in [9.17, 15) is 9.50 Å². The lowest BCUT2D eigenvalue weighted by molar-refractivity contribution is 0.0673. The van der Waals surface area contributed by atoms with Gasteiger partial charge in [-0.1, -0.05) is 24.3 Å². The van der Waals surface area contributed by atoms with Gasteiger partial charge in [0.2, 0.25) is 0 Å². The van der Waals surface area contributed by atoms with E-state index in [1.165, 1.54) is 24.3 Å². The van der Waals surface area contributed by atoms with Crippen molar-refractivity contribution >= 4 is 35.6 Å². The first kappa shape index (κ1) is 19.4. The molecule has 0 aliphatic carbocycles. The van der Waals surface area contributed by atoms with Gasteiger partial charge in [0.1, 0.15) is 11.4 Å². The summed E-state index contributed by atoms with van der Waals surface area (Å²) < 4.78 is 12.9. The van der Waals surface area contributed by atoms with Gasteiger partial charge in [0.25, 0.3) is 0 Å². The summed E-state index contributed by atoms with van der Waals surface area (Å²) in [5.41, 5.74) is 7.14. The molecule has 0 bridgehead atoms. The normalized spacial score (nSPS) is 13.8. The van der Waals surface area contributed by atoms with Crippen LogP contribution < -0.4 is 11.1 Å². The Morgan fingerprint density at radius 2 is 1.91 bits per heavy atom. The monoisotopic (exact) mass is 429 g/mol. The van der Waals surface area contributed by atoms with E-state index in [2.05, 4.69) is 10.3 Å². The molecule has 0 fully saturated rings. The Morgan fingerprint density at radius 1 is 1.26 bits per heavy atom. The van der Waals surface area contributed by atoms with Crippen LogP contribution in [0.2, 0.25) is 0 Å². The summed E-state index contributed by atoms with van der Waals surface area (Å²) >= 11 is 0. The van der Waals surface area contributed by atoms with Crippen LogP contribution in [0.3, 0.4) is 0 Å². The number of aliphatic hydroxyl groups is 1. The molecule has 0 spiro atoms. The lowest BCUT2D eigenvalue weighted by Crippen LogP contribution is -2.29. The molecule has 1 unspecified atom stereocenters. The van der Waals surface area contributed by atoms with Crippen molar-refractivity contribution < 1.29 is 9.50 Å². The molecule has 0 radical (unpaired) electrons. The number of nitrogens with zero attached hydrogens (tertiary/aromatic N) is 1. The Labute approximate surface area is 152 Å². The Balaban J connectivity index is 0.00000264. The molecule has 0 saturated heterocycles. The van der Waals surface area contributed by atoms with Crippen molar-refractivity contribution in [3.05, 3.63) is 65.5 Å². The van der Waals surface area contributed by atoms with E-state index < -0.39 is 5.60 Å². The summed E-state index contributed by atoms with van der Waals surface area (Å²) in [6.07, 6.45) is 0. The number of nitrogens with one attached hydrogen (secondary N) is 1. The standard InChI is InChI=1S/C17H20FN3O.HI/c1-12-4-3-5-15(10-12)21-16(19)20-11-17(2,22)13-6-8-14(18)9-7-13;/h3-10,22H,11H2,1-2H3,(H3,19,20,21);1H. The quantitative estimate of drug-likeness (QED) is 0.397. The first-order valence-corrected chi connectivity index (χ1v) is 6.99. The second-order valence-corrected chi connectivity index (χ2v) is 5.48. The van der Waals surface area contributed by atoms with Gasteiger partial charge in [-0.2, -0.15) is 0 Å². The average Bonchev–Trinajstić information content (AvgIpc) is 2.46. The Hall–Kier alpha value is -1.67. The molecule has 124 valence electrons. The number of aliphatic imine (C=N–C) groups is 1. The van der Waals surface area contributed by atoms with Crippen molar-refractivity contribution in [1.29, 1.82) is 0 Å². The fourth-order valence-corrected chi connectivity index (χ4v) is 2.05. The number of anilines is 1. The maximum absolute atomic E-state index is 12.9. The minimum Gasteiger partial charge on any atom is -0.384 e. The van der Waals surface area contributed by atoms with E-state index >= 15 is 0 Å². The molecule has 6 heteroatoms. The maximum Gasteiger partial charge on any atom is 0.193 e. The number of halogens is 2. The Bertz CT molecular complexity index is 672. The molecule has 2 rings (SSSR count). The van der Waals surface area contributed by atoms with E-state index in [0.29, 0.717) is 5.56 Å². The third kappa shape index (κ3) is 5.80. The van der Waals surface area contributed by atoms with Gasteiger partial charge in [0, 0.05) is 5.69 Å². The van der Waals surface area contributed by atoms with Crippen LogP contribution in [0.15, 0.2) is 53.5 Å². The summed E-state index contributed by atoms with van der Waals surface area (Å²) in [4.78, 5) is 4.16. The van der Waals surface area contributed by atoms with Crippen LogP contribution in [0, 0.1) is 12.7 Å². The van der Waals surface area contributed by atoms with E-state index in [1.807, 2.05) is 31.2 Å². The minimum absolute atomic E-state index is 0. The molecule has 4 nitrogen and oxygen atoms in total. The van der Waals surface area contributed by atoms with Gasteiger partial charge in [-0.15, -0.1) is 24.0 Å². The number of nitrogens with two attached hydrogens (primary N) is 1. The number of aryl methyl sites for hydroxylation is 1. The third-order valence-electron chi connectivity index (χ3n) is 3.31. The predicted molar refractivity (Wildman–Crippen MR) is 103 cm³/mol. The average molecular weight is 429 g/mol. The fourth-order valence-electron chi connectivity index (χ4n) is 2.05. The molecule has 0 aromatic heterocycles. The molecule has 0 aliphatic heterocycles. The zero-order valence-corrected chi connectivity index (χ0v) is 15.4. The second-order valence-electron chi connectivity index (χ2n) is 5.48. The van der Waals surface area contributed by atoms with Crippen molar-refractivity contribution in [2.24, 2.45) is 10.7 Å². The van der Waals surface area contributed by atoms with Gasteiger partial charge in [-0.05, 0) is 49.2 Å². The maximum atomic E-state index is 12.9. The first-order chi connectivity index (χ1) is 10.4. The lowest BCUT2D eigenvalue weighted by Gasteiger charge is -2.22. The Kier molecular flexibility index (Phi) is 6.96. The van der Waals surface area contributed by atoms with E-state index in [-0.39, 0.29) is 42.3 Å². The smallest absolute Gasteiger partial charge is 0.193 e. The Morgan fingerprint density at radius 3 is 2.52 bits per heavy atom. The van der Waals surface area contributed by atoms with Crippen LogP contribution in [0.5, 0.6) is 0 Å². The van der Waals surface area contributed by atoms with Crippen molar-refractivity contribution in [2.75, 3.05) is 11.9 Å². The summed E-state index contributed by atoms with van der Waals surface area (Å²) in [7, 11) is 0. The largest absolute Gasteiger partial charge is 0.384 e. The molecule has 0 heterocycles. The van der Waals surface area contributed by atoms with E-state index in [4.69, 9.17) is 5.73 Å². The number of rotatable bonds is 4. The van der Waals surface area contributed by atoms with Crippen LogP contribution in [0.1, 0.15) is 18.1 Å². The number of hydrogen-bond acceptors (Lipinski definition) is 2. The van der Waals surface area contributed by atoms with Crippen molar-refractivity contribution in [1.82, 2.24) is 0 Å². The summed E-state index contributed by atoms with van der Waals surface area (Å²) in [5.74, 6) is -0.128. The molecular weight excluding hydrogens is 408 g/mol. The van der Waals surface area contributed by atoms with Crippen LogP contribution in [0.4, 0.5) is 10.1 Å². The zero-order valence-electron chi connectivity index (χ0n) is 13.1. The van der Waals surface area contributed by atoms with Crippen LogP contribution in [0.25, 0.3) is 0 Å². The van der Waals surface area contributed by atoms with E-state index in [1.54, 1.807) is 6.92 Å². The van der Waals surface area contributed by atoms with Gasteiger partial charge in [-0.25, -0.2) is 9.38 Å². The first-order valence-electron chi connectivity index (χ1n) is 6.99. The highest BCUT2D eigenvalue weighted by Crippen LogP contribution is 2.21. The molecule has 23 heavy (non-hydrogen) atoms. The summed E-state index contributed by atoms with van der Waals surface area (Å²) in [6.45, 7) is 3.67. The molecule has 0 aliphatic rings. The molecule has 0 saturated carbocycles. The molecule has 0 amide bonds. The van der Waals surface area contributed by atoms with Gasteiger partial charge in [0.15, 0.2) is 5.96 Å². The van der Waals surface area contributed by atoms with Gasteiger partial charge in [-0.3, -0.25) is 0 Å². The van der Waals surface area contributed by atoms with E-state index in [0.717, 1.165) is 11.3 Å². The highest BCUT2D eigenvalue weighted by Gasteiger charge is 2.22. The second kappa shape index (κ2) is 8.26. The van der Waals surface area contributed by atoms with Crippen LogP contribution in [-0.4, -0.2) is 17.6 Å². The molecule has 1 atom stereocenters. The fraction of sp³-hybridized carbons (Fsp3) is 0.235. The van der Waals surface area contributed by atoms with Crippen molar-refractivity contribution in [3.8, 4) is 0 Å². The molecule has 2 aromatic carbocycles. The van der Waals surface area contributed by atoms with Gasteiger partial charge < -0.3 is 16.2 Å². The number of hydrogen-bond donors (Lipinski definition) is 3. The molecule has 2 aromatic rings. The topological polar surface area (TPSA) is 70.6 Å². The van der Waals surface area contributed by atoms with Crippen LogP contribution >= 0.6 is 24.0 Å². The highest BCUT2D eigenvalue weighted by molar-refractivity contribution is 14.0. The summed E-state index contributed by atoms with van der Waals surface area (Å²) in [6, 6.07) is 13.4. The number of benzene rings is 2. The highest BCUT2D eigenvalue weighted by atomic mass is 127. The minimum atomic E-state index is -1.22. The molecular formula is C17H21FIN3O. The summed E-state index contributed by atoms with van der Waals surface area (Å²) in [5, 5.41) is 13.4. The zero-order chi connectivity index (χ0) is 16.2. The number of guanidine groups is 1.